The normalized spacial score (nSPS) is 23.4. The first-order valence-electron chi connectivity index (χ1n) is 3.99. The average Bonchev–Trinajstić information content (AvgIpc) is 2.33. The molecule has 0 aromatic carbocycles. The van der Waals surface area contributed by atoms with Crippen LogP contribution in [0, 0.1) is 6.61 Å². The quantitative estimate of drug-likeness (QED) is 0.611. The van der Waals surface area contributed by atoms with Gasteiger partial charge in [-0.1, -0.05) is 6.92 Å². The average molecular weight is 143 g/mol. The Labute approximate surface area is 62.2 Å². The third kappa shape index (κ3) is 1.96. The van der Waals surface area contributed by atoms with Crippen LogP contribution in [0.3, 0.4) is 0 Å². The van der Waals surface area contributed by atoms with Crippen molar-refractivity contribution in [1.82, 2.24) is 0 Å². The van der Waals surface area contributed by atoms with E-state index >= 15 is 0 Å². The van der Waals surface area contributed by atoms with E-state index in [1.165, 1.54) is 0 Å². The zero-order valence-electron chi connectivity index (χ0n) is 6.47. The van der Waals surface area contributed by atoms with Gasteiger partial charge in [0, 0.05) is 12.8 Å². The summed E-state index contributed by atoms with van der Waals surface area (Å²) in [7, 11) is 0. The molecular weight excluding hydrogens is 128 g/mol. The van der Waals surface area contributed by atoms with Crippen LogP contribution in [0.5, 0.6) is 0 Å². The summed E-state index contributed by atoms with van der Waals surface area (Å²) in [5.74, 6) is -0.810. The Hall–Kier alpha value is -0.0800. The second-order valence-electron chi connectivity index (χ2n) is 2.85. The standard InChI is InChI=1S/C8H15O2/c1-2-7-10-8(9)5-3-4-6-8/h7,9H,2-6H2,1H3. The van der Waals surface area contributed by atoms with E-state index in [9.17, 15) is 5.11 Å². The van der Waals surface area contributed by atoms with Gasteiger partial charge < -0.3 is 9.84 Å². The van der Waals surface area contributed by atoms with Crippen molar-refractivity contribution in [3.63, 3.8) is 0 Å². The summed E-state index contributed by atoms with van der Waals surface area (Å²) in [6, 6.07) is 0. The first-order valence-corrected chi connectivity index (χ1v) is 3.99. The summed E-state index contributed by atoms with van der Waals surface area (Å²) in [6.07, 6.45) is 4.64. The predicted octanol–water partition coefficient (Wildman–Crippen LogP) is 1.84. The highest BCUT2D eigenvalue weighted by atomic mass is 16.6. The third-order valence-corrected chi connectivity index (χ3v) is 1.85. The Bertz CT molecular complexity index is 95.4. The summed E-state index contributed by atoms with van der Waals surface area (Å²) in [5.41, 5.74) is 0. The van der Waals surface area contributed by atoms with Crippen molar-refractivity contribution in [3.8, 4) is 0 Å². The molecule has 1 aliphatic rings. The number of ether oxygens (including phenoxy) is 1. The molecule has 1 N–H and O–H groups in total. The maximum Gasteiger partial charge on any atom is 0.165 e. The molecular formula is C8H15O2. The monoisotopic (exact) mass is 143 g/mol. The second kappa shape index (κ2) is 3.35. The van der Waals surface area contributed by atoms with E-state index in [0.717, 1.165) is 32.1 Å². The highest BCUT2D eigenvalue weighted by Gasteiger charge is 2.31. The Morgan fingerprint density at radius 3 is 2.60 bits per heavy atom. The van der Waals surface area contributed by atoms with Gasteiger partial charge in [0.25, 0.3) is 0 Å². The minimum Gasteiger partial charge on any atom is -0.365 e. The van der Waals surface area contributed by atoms with Crippen molar-refractivity contribution < 1.29 is 9.84 Å². The summed E-state index contributed by atoms with van der Waals surface area (Å²) in [6.45, 7) is 3.68. The van der Waals surface area contributed by atoms with E-state index in [2.05, 4.69) is 0 Å². The molecule has 59 valence electrons. The van der Waals surface area contributed by atoms with Crippen LogP contribution in [-0.2, 0) is 4.74 Å². The van der Waals surface area contributed by atoms with Crippen LogP contribution < -0.4 is 0 Å². The zero-order valence-corrected chi connectivity index (χ0v) is 6.47. The van der Waals surface area contributed by atoms with Crippen molar-refractivity contribution in [2.45, 2.75) is 44.8 Å². The maximum absolute atomic E-state index is 9.57. The van der Waals surface area contributed by atoms with Crippen LogP contribution in [0.4, 0.5) is 0 Å². The molecule has 1 fully saturated rings. The lowest BCUT2D eigenvalue weighted by atomic mass is 10.2. The summed E-state index contributed by atoms with van der Waals surface area (Å²) < 4.78 is 5.17. The lowest BCUT2D eigenvalue weighted by molar-refractivity contribution is -0.176. The summed E-state index contributed by atoms with van der Waals surface area (Å²) in [5, 5.41) is 9.57. The van der Waals surface area contributed by atoms with Crippen LogP contribution in [0.25, 0.3) is 0 Å². The SMILES string of the molecule is CC[CH]OC1(O)CCCC1. The fraction of sp³-hybridized carbons (Fsp3) is 0.875. The Kier molecular flexibility index (Phi) is 2.69. The van der Waals surface area contributed by atoms with Crippen molar-refractivity contribution in [3.05, 3.63) is 6.61 Å². The molecule has 2 nitrogen and oxygen atoms in total. The summed E-state index contributed by atoms with van der Waals surface area (Å²) >= 11 is 0. The Morgan fingerprint density at radius 1 is 1.50 bits per heavy atom. The van der Waals surface area contributed by atoms with Gasteiger partial charge in [-0.05, 0) is 19.3 Å². The fourth-order valence-electron chi connectivity index (χ4n) is 1.28. The van der Waals surface area contributed by atoms with Crippen molar-refractivity contribution >= 4 is 0 Å². The Morgan fingerprint density at radius 2 is 2.10 bits per heavy atom. The number of aliphatic hydroxyl groups is 1. The van der Waals surface area contributed by atoms with Crippen LogP contribution >= 0.6 is 0 Å². The zero-order chi connectivity index (χ0) is 7.45. The highest BCUT2D eigenvalue weighted by molar-refractivity contribution is 4.76. The molecule has 1 aliphatic carbocycles. The predicted molar refractivity (Wildman–Crippen MR) is 39.1 cm³/mol. The van der Waals surface area contributed by atoms with Crippen LogP contribution in [0.15, 0.2) is 0 Å². The smallest absolute Gasteiger partial charge is 0.165 e. The number of hydrogen-bond acceptors (Lipinski definition) is 2. The van der Waals surface area contributed by atoms with Crippen LogP contribution in [0.2, 0.25) is 0 Å². The molecule has 0 amide bonds. The van der Waals surface area contributed by atoms with Gasteiger partial charge in [-0.3, -0.25) is 0 Å². The van der Waals surface area contributed by atoms with E-state index < -0.39 is 5.79 Å². The minimum atomic E-state index is -0.810. The minimum absolute atomic E-state index is 0.795. The number of rotatable bonds is 3. The largest absolute Gasteiger partial charge is 0.365 e. The molecule has 0 aromatic rings. The van der Waals surface area contributed by atoms with Gasteiger partial charge in [-0.15, -0.1) is 0 Å². The molecule has 0 saturated heterocycles. The van der Waals surface area contributed by atoms with Crippen LogP contribution in [0.1, 0.15) is 39.0 Å². The van der Waals surface area contributed by atoms with Gasteiger partial charge in [-0.2, -0.15) is 0 Å². The van der Waals surface area contributed by atoms with E-state index in [0.29, 0.717) is 0 Å². The Balaban J connectivity index is 2.22. The molecule has 1 radical (unpaired) electrons. The summed E-state index contributed by atoms with van der Waals surface area (Å²) in [4.78, 5) is 0. The molecule has 2 heteroatoms. The van der Waals surface area contributed by atoms with Crippen molar-refractivity contribution in [2.24, 2.45) is 0 Å². The van der Waals surface area contributed by atoms with Gasteiger partial charge in [0.2, 0.25) is 0 Å². The topological polar surface area (TPSA) is 29.5 Å². The fourth-order valence-corrected chi connectivity index (χ4v) is 1.28. The first-order chi connectivity index (χ1) is 4.77. The molecule has 10 heavy (non-hydrogen) atoms. The van der Waals surface area contributed by atoms with Crippen LogP contribution in [-0.4, -0.2) is 10.9 Å². The van der Waals surface area contributed by atoms with E-state index in [4.69, 9.17) is 4.74 Å². The van der Waals surface area contributed by atoms with E-state index in [1.807, 2.05) is 6.92 Å². The van der Waals surface area contributed by atoms with Gasteiger partial charge in [0.15, 0.2) is 5.79 Å². The number of hydrogen-bond donors (Lipinski definition) is 1. The molecule has 0 aromatic heterocycles. The van der Waals surface area contributed by atoms with Crippen molar-refractivity contribution in [1.29, 1.82) is 0 Å². The molecule has 1 rings (SSSR count). The molecule has 0 spiro atoms. The van der Waals surface area contributed by atoms with Crippen molar-refractivity contribution in [2.75, 3.05) is 0 Å². The molecule has 1 saturated carbocycles. The van der Waals surface area contributed by atoms with E-state index in [1.54, 1.807) is 6.61 Å². The lowest BCUT2D eigenvalue weighted by Gasteiger charge is -2.21. The maximum atomic E-state index is 9.57. The second-order valence-corrected chi connectivity index (χ2v) is 2.85. The van der Waals surface area contributed by atoms with Gasteiger partial charge in [0.05, 0.1) is 6.61 Å². The molecule has 0 unspecified atom stereocenters. The van der Waals surface area contributed by atoms with Gasteiger partial charge >= 0.3 is 0 Å². The van der Waals surface area contributed by atoms with E-state index in [-0.39, 0.29) is 0 Å². The molecule has 0 aliphatic heterocycles. The molecule has 0 heterocycles. The van der Waals surface area contributed by atoms with Gasteiger partial charge in [-0.25, -0.2) is 0 Å². The first kappa shape index (κ1) is 8.02. The molecule has 0 atom stereocenters. The van der Waals surface area contributed by atoms with Gasteiger partial charge in [0.1, 0.15) is 0 Å². The third-order valence-electron chi connectivity index (χ3n) is 1.85. The molecule has 0 bridgehead atoms. The highest BCUT2D eigenvalue weighted by Crippen LogP contribution is 2.30. The lowest BCUT2D eigenvalue weighted by Crippen LogP contribution is -2.26.